The predicted molar refractivity (Wildman–Crippen MR) is 75.9 cm³/mol. The monoisotopic (exact) mass is 292 g/mol. The lowest BCUT2D eigenvalue weighted by atomic mass is 10.2. The van der Waals surface area contributed by atoms with Gasteiger partial charge >= 0.3 is 0 Å². The highest BCUT2D eigenvalue weighted by molar-refractivity contribution is 5.94. The van der Waals surface area contributed by atoms with Gasteiger partial charge in [-0.25, -0.2) is 8.78 Å². The summed E-state index contributed by atoms with van der Waals surface area (Å²) >= 11 is 0. The molecule has 6 heteroatoms. The Labute approximate surface area is 120 Å². The summed E-state index contributed by atoms with van der Waals surface area (Å²) in [5.41, 5.74) is 5.85. The van der Waals surface area contributed by atoms with Crippen LogP contribution in [0.15, 0.2) is 42.5 Å². The number of carbonyl (C=O) groups excluding carboxylic acids is 1. The number of nitrogens with two attached hydrogens (primary N) is 1. The summed E-state index contributed by atoms with van der Waals surface area (Å²) < 4.78 is 31.6. The van der Waals surface area contributed by atoms with Crippen molar-refractivity contribution in [2.75, 3.05) is 11.1 Å². The summed E-state index contributed by atoms with van der Waals surface area (Å²) in [4.78, 5) is 11.9. The zero-order valence-corrected chi connectivity index (χ0v) is 11.3. The molecule has 0 bridgehead atoms. The van der Waals surface area contributed by atoms with Crippen LogP contribution >= 0.6 is 0 Å². The van der Waals surface area contributed by atoms with Gasteiger partial charge in [0.25, 0.3) is 5.91 Å². The number of hydrogen-bond donors (Lipinski definition) is 2. The minimum Gasteiger partial charge on any atom is -0.481 e. The van der Waals surface area contributed by atoms with Gasteiger partial charge in [-0.1, -0.05) is 0 Å². The van der Waals surface area contributed by atoms with Gasteiger partial charge in [-0.05, 0) is 49.4 Å². The van der Waals surface area contributed by atoms with Crippen LogP contribution < -0.4 is 15.8 Å². The molecular weight excluding hydrogens is 278 g/mol. The van der Waals surface area contributed by atoms with Crippen LogP contribution in [-0.2, 0) is 4.79 Å². The van der Waals surface area contributed by atoms with E-state index in [1.54, 1.807) is 0 Å². The second kappa shape index (κ2) is 6.21. The fourth-order valence-electron chi connectivity index (χ4n) is 1.64. The summed E-state index contributed by atoms with van der Waals surface area (Å²) in [7, 11) is 0. The van der Waals surface area contributed by atoms with Crippen molar-refractivity contribution in [1.82, 2.24) is 0 Å². The van der Waals surface area contributed by atoms with E-state index in [2.05, 4.69) is 5.32 Å². The number of rotatable bonds is 4. The molecule has 1 amide bonds. The Morgan fingerprint density at radius 3 is 2.52 bits per heavy atom. The molecule has 0 fully saturated rings. The van der Waals surface area contributed by atoms with Gasteiger partial charge in [0.15, 0.2) is 6.10 Å². The lowest BCUT2D eigenvalue weighted by Gasteiger charge is -2.15. The quantitative estimate of drug-likeness (QED) is 0.852. The van der Waals surface area contributed by atoms with E-state index >= 15 is 0 Å². The normalized spacial score (nSPS) is 11.8. The van der Waals surface area contributed by atoms with Crippen molar-refractivity contribution in [3.8, 4) is 5.75 Å². The minimum absolute atomic E-state index is 0.0189. The molecule has 0 spiro atoms. The maximum atomic E-state index is 13.5. The summed E-state index contributed by atoms with van der Waals surface area (Å²) in [6.45, 7) is 1.50. The lowest BCUT2D eigenvalue weighted by Crippen LogP contribution is -2.30. The first-order chi connectivity index (χ1) is 9.95. The van der Waals surface area contributed by atoms with Crippen LogP contribution in [0.25, 0.3) is 0 Å². The molecule has 3 N–H and O–H groups in total. The van der Waals surface area contributed by atoms with E-state index in [-0.39, 0.29) is 5.69 Å². The van der Waals surface area contributed by atoms with E-state index in [4.69, 9.17) is 10.5 Å². The highest BCUT2D eigenvalue weighted by atomic mass is 19.1. The van der Waals surface area contributed by atoms with Gasteiger partial charge < -0.3 is 15.8 Å². The minimum atomic E-state index is -0.878. The standard InChI is InChI=1S/C15H14F2N2O2/c1-9(21-12-5-2-10(16)3-6-12)15(20)19-14-8-11(18)4-7-13(14)17/h2-9H,18H2,1H3,(H,19,20). The lowest BCUT2D eigenvalue weighted by molar-refractivity contribution is -0.122. The molecule has 2 aromatic carbocycles. The molecular formula is C15H14F2N2O2. The predicted octanol–water partition coefficient (Wildman–Crippen LogP) is 2.95. The van der Waals surface area contributed by atoms with Crippen LogP contribution in [-0.4, -0.2) is 12.0 Å². The number of ether oxygens (including phenoxy) is 1. The maximum absolute atomic E-state index is 13.5. The van der Waals surface area contributed by atoms with Crippen molar-refractivity contribution in [2.45, 2.75) is 13.0 Å². The third kappa shape index (κ3) is 3.92. The van der Waals surface area contributed by atoms with Crippen LogP contribution in [0, 0.1) is 11.6 Å². The van der Waals surface area contributed by atoms with Gasteiger partial charge in [0, 0.05) is 5.69 Å². The van der Waals surface area contributed by atoms with Crippen LogP contribution in [0.3, 0.4) is 0 Å². The SMILES string of the molecule is CC(Oc1ccc(F)cc1)C(=O)Nc1cc(N)ccc1F. The van der Waals surface area contributed by atoms with Crippen LogP contribution in [0.4, 0.5) is 20.2 Å². The first-order valence-corrected chi connectivity index (χ1v) is 6.24. The van der Waals surface area contributed by atoms with Crippen LogP contribution in [0.2, 0.25) is 0 Å². The highest BCUT2D eigenvalue weighted by Gasteiger charge is 2.16. The first-order valence-electron chi connectivity index (χ1n) is 6.24. The molecule has 0 heterocycles. The van der Waals surface area contributed by atoms with Crippen molar-refractivity contribution < 1.29 is 18.3 Å². The smallest absolute Gasteiger partial charge is 0.265 e. The molecule has 0 saturated heterocycles. The Hall–Kier alpha value is -2.63. The van der Waals surface area contributed by atoms with Gasteiger partial charge in [-0.2, -0.15) is 0 Å². The summed E-state index contributed by atoms with van der Waals surface area (Å²) in [6.07, 6.45) is -0.878. The molecule has 0 aliphatic rings. The molecule has 2 aromatic rings. The number of benzene rings is 2. The number of anilines is 2. The molecule has 1 atom stereocenters. The first kappa shape index (κ1) is 14.8. The molecule has 0 aliphatic carbocycles. The van der Waals surface area contributed by atoms with E-state index < -0.39 is 23.6 Å². The molecule has 1 unspecified atom stereocenters. The number of amides is 1. The zero-order valence-electron chi connectivity index (χ0n) is 11.3. The number of hydrogen-bond acceptors (Lipinski definition) is 3. The van der Waals surface area contributed by atoms with Gasteiger partial charge in [0.1, 0.15) is 17.4 Å². The second-order valence-electron chi connectivity index (χ2n) is 4.44. The Balaban J connectivity index is 2.02. The average Bonchev–Trinajstić information content (AvgIpc) is 2.45. The maximum Gasteiger partial charge on any atom is 0.265 e. The molecule has 2 rings (SSSR count). The van der Waals surface area contributed by atoms with Gasteiger partial charge in [-0.3, -0.25) is 4.79 Å². The number of nitrogen functional groups attached to an aromatic ring is 1. The number of carbonyl (C=O) groups is 1. The Kier molecular flexibility index (Phi) is 4.37. The van der Waals surface area contributed by atoms with Crippen LogP contribution in [0.1, 0.15) is 6.92 Å². The van der Waals surface area contributed by atoms with E-state index in [1.165, 1.54) is 43.3 Å². The summed E-state index contributed by atoms with van der Waals surface area (Å²) in [5.74, 6) is -1.19. The third-order valence-electron chi connectivity index (χ3n) is 2.74. The Morgan fingerprint density at radius 1 is 1.19 bits per heavy atom. The number of halogens is 2. The topological polar surface area (TPSA) is 64.3 Å². The van der Waals surface area contributed by atoms with Crippen molar-refractivity contribution in [1.29, 1.82) is 0 Å². The summed E-state index contributed by atoms with van der Waals surface area (Å²) in [6, 6.07) is 9.12. The number of nitrogens with one attached hydrogen (secondary N) is 1. The van der Waals surface area contributed by atoms with Crippen LogP contribution in [0.5, 0.6) is 5.75 Å². The van der Waals surface area contributed by atoms with Gasteiger partial charge in [-0.15, -0.1) is 0 Å². The molecule has 110 valence electrons. The molecule has 0 radical (unpaired) electrons. The van der Waals surface area contributed by atoms with Gasteiger partial charge in [0.05, 0.1) is 5.69 Å². The third-order valence-corrected chi connectivity index (χ3v) is 2.74. The highest BCUT2D eigenvalue weighted by Crippen LogP contribution is 2.18. The molecule has 0 aromatic heterocycles. The summed E-state index contributed by atoms with van der Waals surface area (Å²) in [5, 5.41) is 2.39. The van der Waals surface area contributed by atoms with E-state index in [0.717, 1.165) is 6.07 Å². The largest absolute Gasteiger partial charge is 0.481 e. The fraction of sp³-hybridized carbons (Fsp3) is 0.133. The molecule has 0 saturated carbocycles. The van der Waals surface area contributed by atoms with Crippen molar-refractivity contribution in [3.05, 3.63) is 54.1 Å². The fourth-order valence-corrected chi connectivity index (χ4v) is 1.64. The van der Waals surface area contributed by atoms with Crippen molar-refractivity contribution in [3.63, 3.8) is 0 Å². The second-order valence-corrected chi connectivity index (χ2v) is 4.44. The van der Waals surface area contributed by atoms with E-state index in [9.17, 15) is 13.6 Å². The van der Waals surface area contributed by atoms with E-state index in [1.807, 2.05) is 0 Å². The zero-order chi connectivity index (χ0) is 15.4. The molecule has 0 aliphatic heterocycles. The molecule has 4 nitrogen and oxygen atoms in total. The average molecular weight is 292 g/mol. The van der Waals surface area contributed by atoms with Crippen molar-refractivity contribution >= 4 is 17.3 Å². The van der Waals surface area contributed by atoms with Crippen molar-refractivity contribution in [2.24, 2.45) is 0 Å². The Morgan fingerprint density at radius 2 is 1.86 bits per heavy atom. The van der Waals surface area contributed by atoms with E-state index in [0.29, 0.717) is 11.4 Å². The Bertz CT molecular complexity index is 645. The molecule has 21 heavy (non-hydrogen) atoms. The van der Waals surface area contributed by atoms with Gasteiger partial charge in [0.2, 0.25) is 0 Å².